The third-order valence-corrected chi connectivity index (χ3v) is 4.69. The van der Waals surface area contributed by atoms with Crippen LogP contribution in [-0.4, -0.2) is 35.2 Å². The zero-order chi connectivity index (χ0) is 12.8. The second kappa shape index (κ2) is 4.34. The molecule has 5 nitrogen and oxygen atoms in total. The van der Waals surface area contributed by atoms with Gasteiger partial charge < -0.3 is 14.8 Å². The lowest BCUT2D eigenvalue weighted by Gasteiger charge is -2.24. The first kappa shape index (κ1) is 11.5. The molecule has 102 valence electrons. The molecule has 1 aromatic rings. The quantitative estimate of drug-likeness (QED) is 0.853. The van der Waals surface area contributed by atoms with Gasteiger partial charge in [0, 0.05) is 37.6 Å². The first-order valence-corrected chi connectivity index (χ1v) is 7.38. The van der Waals surface area contributed by atoms with Gasteiger partial charge >= 0.3 is 0 Å². The molecule has 0 amide bonds. The summed E-state index contributed by atoms with van der Waals surface area (Å²) in [5.41, 5.74) is 0.101. The van der Waals surface area contributed by atoms with Crippen molar-refractivity contribution in [3.8, 4) is 0 Å². The van der Waals surface area contributed by atoms with E-state index in [9.17, 15) is 4.79 Å². The Morgan fingerprint density at radius 1 is 1.26 bits per heavy atom. The van der Waals surface area contributed by atoms with E-state index in [-0.39, 0.29) is 5.56 Å². The summed E-state index contributed by atoms with van der Waals surface area (Å²) in [5.74, 6) is 1.34. The molecule has 1 N–H and O–H groups in total. The number of piperidine rings is 1. The third-order valence-electron chi connectivity index (χ3n) is 4.69. The molecule has 2 saturated heterocycles. The predicted molar refractivity (Wildman–Crippen MR) is 73.5 cm³/mol. The Morgan fingerprint density at radius 2 is 2.16 bits per heavy atom. The van der Waals surface area contributed by atoms with Crippen molar-refractivity contribution >= 4 is 5.82 Å². The van der Waals surface area contributed by atoms with E-state index >= 15 is 0 Å². The van der Waals surface area contributed by atoms with E-state index in [0.29, 0.717) is 23.8 Å². The molecule has 1 aliphatic carbocycles. The zero-order valence-corrected chi connectivity index (χ0v) is 11.1. The van der Waals surface area contributed by atoms with Gasteiger partial charge in [0.25, 0.3) is 5.56 Å². The van der Waals surface area contributed by atoms with Gasteiger partial charge in [-0.25, -0.2) is 4.98 Å². The molecule has 0 spiro atoms. The molecule has 3 heterocycles. The van der Waals surface area contributed by atoms with Gasteiger partial charge in [0.05, 0.1) is 0 Å². The average Bonchev–Trinajstić information content (AvgIpc) is 3.17. The third kappa shape index (κ3) is 1.96. The van der Waals surface area contributed by atoms with E-state index in [1.807, 2.05) is 10.8 Å². The summed E-state index contributed by atoms with van der Waals surface area (Å²) in [4.78, 5) is 19.0. The molecule has 1 aromatic heterocycles. The molecule has 2 aliphatic heterocycles. The molecule has 2 atom stereocenters. The Balaban J connectivity index is 1.62. The minimum atomic E-state index is 0.101. The fourth-order valence-corrected chi connectivity index (χ4v) is 3.49. The minimum absolute atomic E-state index is 0.101. The zero-order valence-electron chi connectivity index (χ0n) is 11.1. The van der Waals surface area contributed by atoms with Crippen LogP contribution in [0, 0.1) is 5.92 Å². The number of hydrogen-bond donors (Lipinski definition) is 1. The maximum absolute atomic E-state index is 12.5. The van der Waals surface area contributed by atoms with E-state index in [1.54, 1.807) is 6.20 Å². The number of nitrogens with one attached hydrogen (secondary N) is 1. The normalized spacial score (nSPS) is 30.4. The van der Waals surface area contributed by atoms with Crippen LogP contribution in [0.2, 0.25) is 0 Å². The molecule has 4 rings (SSSR count). The molecule has 1 saturated carbocycles. The highest BCUT2D eigenvalue weighted by atomic mass is 16.1. The van der Waals surface area contributed by atoms with Crippen LogP contribution in [0.3, 0.4) is 0 Å². The van der Waals surface area contributed by atoms with E-state index < -0.39 is 0 Å². The van der Waals surface area contributed by atoms with Crippen molar-refractivity contribution in [1.29, 1.82) is 0 Å². The van der Waals surface area contributed by atoms with Gasteiger partial charge in [-0.15, -0.1) is 0 Å². The maximum Gasteiger partial charge on any atom is 0.293 e. The second-order valence-corrected chi connectivity index (χ2v) is 6.06. The van der Waals surface area contributed by atoms with Gasteiger partial charge in [0.1, 0.15) is 0 Å². The van der Waals surface area contributed by atoms with Crippen molar-refractivity contribution in [3.63, 3.8) is 0 Å². The van der Waals surface area contributed by atoms with Gasteiger partial charge in [-0.2, -0.15) is 0 Å². The van der Waals surface area contributed by atoms with Crippen molar-refractivity contribution in [2.75, 3.05) is 24.5 Å². The van der Waals surface area contributed by atoms with Gasteiger partial charge in [-0.05, 0) is 38.1 Å². The number of anilines is 1. The van der Waals surface area contributed by atoms with Crippen molar-refractivity contribution in [3.05, 3.63) is 22.7 Å². The largest absolute Gasteiger partial charge is 0.350 e. The van der Waals surface area contributed by atoms with Crippen LogP contribution < -0.4 is 15.8 Å². The summed E-state index contributed by atoms with van der Waals surface area (Å²) in [6, 6.07) is 0.974. The molecule has 0 unspecified atom stereocenters. The van der Waals surface area contributed by atoms with Crippen molar-refractivity contribution in [2.24, 2.45) is 5.92 Å². The van der Waals surface area contributed by atoms with E-state index in [4.69, 9.17) is 0 Å². The van der Waals surface area contributed by atoms with E-state index in [0.717, 1.165) is 32.5 Å². The predicted octanol–water partition coefficient (Wildman–Crippen LogP) is 0.766. The molecular weight excluding hydrogens is 240 g/mol. The van der Waals surface area contributed by atoms with Crippen LogP contribution in [0.15, 0.2) is 17.2 Å². The number of aromatic nitrogens is 2. The summed E-state index contributed by atoms with van der Waals surface area (Å²) in [6.07, 6.45) is 8.42. The number of hydrogen-bond acceptors (Lipinski definition) is 4. The minimum Gasteiger partial charge on any atom is -0.350 e. The lowest BCUT2D eigenvalue weighted by molar-refractivity contribution is 0.340. The molecule has 0 bridgehead atoms. The lowest BCUT2D eigenvalue weighted by atomic mass is 9.94. The fraction of sp³-hybridized carbons (Fsp3) is 0.714. The summed E-state index contributed by atoms with van der Waals surface area (Å²) < 4.78 is 1.87. The lowest BCUT2D eigenvalue weighted by Crippen LogP contribution is -2.41. The number of nitrogens with zero attached hydrogens (tertiary/aromatic N) is 3. The van der Waals surface area contributed by atoms with Crippen LogP contribution in [0.1, 0.15) is 31.7 Å². The highest BCUT2D eigenvalue weighted by molar-refractivity contribution is 5.38. The van der Waals surface area contributed by atoms with Gasteiger partial charge in [0.15, 0.2) is 5.82 Å². The highest BCUT2D eigenvalue weighted by Gasteiger charge is 2.36. The van der Waals surface area contributed by atoms with Crippen LogP contribution in [-0.2, 0) is 0 Å². The van der Waals surface area contributed by atoms with Crippen molar-refractivity contribution in [2.45, 2.75) is 37.8 Å². The smallest absolute Gasteiger partial charge is 0.293 e. The number of fused-ring (bicyclic) bond motifs is 1. The Hall–Kier alpha value is -1.36. The summed E-state index contributed by atoms with van der Waals surface area (Å²) in [5, 5.41) is 3.57. The van der Waals surface area contributed by atoms with E-state index in [1.165, 1.54) is 12.8 Å². The van der Waals surface area contributed by atoms with Crippen LogP contribution in [0.5, 0.6) is 0 Å². The molecule has 0 radical (unpaired) electrons. The number of rotatable bonds is 2. The topological polar surface area (TPSA) is 50.2 Å². The average molecular weight is 260 g/mol. The SMILES string of the molecule is O=c1c(N2C[C@@H]3CCCN[C@@H]3C2)nccn1C1CC1. The van der Waals surface area contributed by atoms with Gasteiger partial charge in [0.2, 0.25) is 0 Å². The van der Waals surface area contributed by atoms with Crippen LogP contribution in [0.25, 0.3) is 0 Å². The summed E-state index contributed by atoms with van der Waals surface area (Å²) >= 11 is 0. The van der Waals surface area contributed by atoms with Crippen molar-refractivity contribution in [1.82, 2.24) is 14.9 Å². The first-order valence-electron chi connectivity index (χ1n) is 7.38. The second-order valence-electron chi connectivity index (χ2n) is 6.06. The highest BCUT2D eigenvalue weighted by Crippen LogP contribution is 2.33. The standard InChI is InChI=1S/C14H20N4O/c19-14-13(16-6-7-18(14)11-3-4-11)17-8-10-2-1-5-15-12(10)9-17/h6-7,10-12,15H,1-5,8-9H2/t10-,12+/m0/s1. The molecular formula is C14H20N4O. The van der Waals surface area contributed by atoms with Gasteiger partial charge in [-0.3, -0.25) is 4.79 Å². The Labute approximate surface area is 112 Å². The van der Waals surface area contributed by atoms with Crippen LogP contribution >= 0.6 is 0 Å². The summed E-state index contributed by atoms with van der Waals surface area (Å²) in [6.45, 7) is 3.03. The maximum atomic E-state index is 12.5. The van der Waals surface area contributed by atoms with E-state index in [2.05, 4.69) is 15.2 Å². The summed E-state index contributed by atoms with van der Waals surface area (Å²) in [7, 11) is 0. The first-order chi connectivity index (χ1) is 9.33. The molecule has 19 heavy (non-hydrogen) atoms. The Morgan fingerprint density at radius 3 is 2.95 bits per heavy atom. The Bertz CT molecular complexity index is 522. The molecule has 5 heteroatoms. The van der Waals surface area contributed by atoms with Gasteiger partial charge in [-0.1, -0.05) is 0 Å². The molecule has 3 aliphatic rings. The Kier molecular flexibility index (Phi) is 2.62. The monoisotopic (exact) mass is 260 g/mol. The molecule has 0 aromatic carbocycles. The van der Waals surface area contributed by atoms with Crippen LogP contribution in [0.4, 0.5) is 5.82 Å². The van der Waals surface area contributed by atoms with Crippen molar-refractivity contribution < 1.29 is 0 Å². The fourth-order valence-electron chi connectivity index (χ4n) is 3.49. The molecule has 3 fully saturated rings.